The molecule has 154 valence electrons. The Morgan fingerprint density at radius 1 is 1.10 bits per heavy atom. The molecule has 0 bridgehead atoms. The smallest absolute Gasteiger partial charge is 0.329 e. The Labute approximate surface area is 184 Å². The number of nitrogens with zero attached hydrogens (tertiary/aromatic N) is 3. The fourth-order valence-electron chi connectivity index (χ4n) is 4.93. The number of anilines is 1. The fourth-order valence-corrected chi connectivity index (χ4v) is 5.26. The second-order valence-corrected chi connectivity index (χ2v) is 8.45. The number of imide groups is 1. The van der Waals surface area contributed by atoms with Crippen LogP contribution in [0, 0.1) is 17.2 Å². The van der Waals surface area contributed by atoms with E-state index in [9.17, 15) is 14.9 Å². The topological polar surface area (TPSA) is 86.1 Å². The van der Waals surface area contributed by atoms with E-state index in [1.54, 1.807) is 30.6 Å². The summed E-state index contributed by atoms with van der Waals surface area (Å²) in [6.07, 6.45) is 5.19. The number of fused-ring (bicyclic) bond motifs is 2. The lowest BCUT2D eigenvalue weighted by Gasteiger charge is -2.42. The van der Waals surface area contributed by atoms with Crippen LogP contribution in [0.1, 0.15) is 36.3 Å². The second-order valence-electron chi connectivity index (χ2n) is 8.04. The normalized spacial score (nSPS) is 23.2. The van der Waals surface area contributed by atoms with Crippen molar-refractivity contribution in [2.24, 2.45) is 5.92 Å². The van der Waals surface area contributed by atoms with E-state index in [0.717, 1.165) is 22.8 Å². The number of rotatable bonds is 2. The summed E-state index contributed by atoms with van der Waals surface area (Å²) in [5.74, 6) is -0.505. The van der Waals surface area contributed by atoms with E-state index in [4.69, 9.17) is 11.6 Å². The van der Waals surface area contributed by atoms with Gasteiger partial charge in [-0.2, -0.15) is 5.26 Å². The van der Waals surface area contributed by atoms with Gasteiger partial charge in [0.25, 0.3) is 0 Å². The van der Waals surface area contributed by atoms with E-state index in [1.807, 2.05) is 24.3 Å². The predicted molar refractivity (Wildman–Crippen MR) is 118 cm³/mol. The Morgan fingerprint density at radius 2 is 1.94 bits per heavy atom. The number of pyridine rings is 1. The first-order valence-corrected chi connectivity index (χ1v) is 10.6. The first-order valence-electron chi connectivity index (χ1n) is 10.2. The maximum Gasteiger partial charge on any atom is 0.329 e. The van der Waals surface area contributed by atoms with Gasteiger partial charge in [0, 0.05) is 28.0 Å². The van der Waals surface area contributed by atoms with Crippen LogP contribution in [0.25, 0.3) is 10.8 Å². The van der Waals surface area contributed by atoms with E-state index in [0.29, 0.717) is 29.1 Å². The fraction of sp³-hybridized carbons (Fsp3) is 0.250. The Bertz CT molecular complexity index is 1250. The average molecular weight is 431 g/mol. The molecular weight excluding hydrogens is 412 g/mol. The largest absolute Gasteiger partial charge is 0.334 e. The molecule has 3 aromatic rings. The molecule has 31 heavy (non-hydrogen) atoms. The number of amides is 3. The van der Waals surface area contributed by atoms with Gasteiger partial charge in [0.2, 0.25) is 5.91 Å². The third-order valence-corrected chi connectivity index (χ3v) is 6.70. The molecule has 1 N–H and O–H groups in total. The van der Waals surface area contributed by atoms with Gasteiger partial charge in [0.15, 0.2) is 0 Å². The van der Waals surface area contributed by atoms with Crippen LogP contribution in [0.15, 0.2) is 54.9 Å². The number of benzene rings is 2. The number of carbonyl (C=O) groups excluding carboxylic acids is 2. The zero-order valence-corrected chi connectivity index (χ0v) is 17.3. The molecule has 2 fully saturated rings. The van der Waals surface area contributed by atoms with Gasteiger partial charge in [-0.25, -0.2) is 9.69 Å². The number of nitriles is 1. The van der Waals surface area contributed by atoms with Crippen LogP contribution in [0.4, 0.5) is 10.5 Å². The molecule has 5 rings (SSSR count). The van der Waals surface area contributed by atoms with Crippen molar-refractivity contribution in [3.8, 4) is 6.07 Å². The minimum absolute atomic E-state index is 0.0171. The Kier molecular flexibility index (Phi) is 4.84. The highest BCUT2D eigenvalue weighted by atomic mass is 35.5. The van der Waals surface area contributed by atoms with Crippen LogP contribution in [0.2, 0.25) is 5.02 Å². The lowest BCUT2D eigenvalue weighted by Crippen LogP contribution is -2.61. The van der Waals surface area contributed by atoms with Gasteiger partial charge in [0.1, 0.15) is 0 Å². The van der Waals surface area contributed by atoms with Crippen molar-refractivity contribution in [3.63, 3.8) is 0 Å². The molecule has 2 aromatic carbocycles. The third-order valence-electron chi connectivity index (χ3n) is 6.37. The number of halogens is 1. The SMILES string of the molecule is N#Cc1cccc(Cl)c1C1CCC2C(=O)N(c3cncc4ccccc34)C(=O)NC2C1. The van der Waals surface area contributed by atoms with E-state index < -0.39 is 6.03 Å². The number of aromatic nitrogens is 1. The van der Waals surface area contributed by atoms with Gasteiger partial charge in [-0.1, -0.05) is 41.9 Å². The highest BCUT2D eigenvalue weighted by Crippen LogP contribution is 2.42. The maximum absolute atomic E-state index is 13.4. The van der Waals surface area contributed by atoms with E-state index in [1.165, 1.54) is 4.90 Å². The minimum atomic E-state index is -0.440. The highest BCUT2D eigenvalue weighted by Gasteiger charge is 2.45. The van der Waals surface area contributed by atoms with Gasteiger partial charge in [-0.15, -0.1) is 0 Å². The van der Waals surface area contributed by atoms with Crippen LogP contribution < -0.4 is 10.2 Å². The molecule has 1 saturated carbocycles. The minimum Gasteiger partial charge on any atom is -0.334 e. The van der Waals surface area contributed by atoms with E-state index in [2.05, 4.69) is 16.4 Å². The molecule has 3 amide bonds. The average Bonchev–Trinajstić information content (AvgIpc) is 2.78. The molecule has 3 unspecified atom stereocenters. The first-order chi connectivity index (χ1) is 15.1. The number of nitrogens with one attached hydrogen (secondary N) is 1. The summed E-state index contributed by atoms with van der Waals surface area (Å²) in [6, 6.07) is 14.3. The first kappa shape index (κ1) is 19.5. The summed E-state index contributed by atoms with van der Waals surface area (Å²) < 4.78 is 0. The molecule has 1 saturated heterocycles. The number of hydrogen-bond acceptors (Lipinski definition) is 4. The number of urea groups is 1. The van der Waals surface area contributed by atoms with Crippen LogP contribution in [-0.4, -0.2) is 23.0 Å². The van der Waals surface area contributed by atoms with Crippen LogP contribution in [-0.2, 0) is 4.79 Å². The standard InChI is InChI=1S/C24H19ClN4O2/c25-19-7-3-5-15(11-26)22(19)14-8-9-18-20(10-14)28-24(31)29(23(18)30)21-13-27-12-16-4-1-2-6-17(16)21/h1-7,12-14,18,20H,8-10H2,(H,28,31). The lowest BCUT2D eigenvalue weighted by atomic mass is 9.73. The van der Waals surface area contributed by atoms with Crippen LogP contribution in [0.3, 0.4) is 0 Å². The van der Waals surface area contributed by atoms with Crippen LogP contribution >= 0.6 is 11.6 Å². The van der Waals surface area contributed by atoms with E-state index >= 15 is 0 Å². The molecule has 3 atom stereocenters. The summed E-state index contributed by atoms with van der Waals surface area (Å²) >= 11 is 6.41. The summed E-state index contributed by atoms with van der Waals surface area (Å²) in [5.41, 5.74) is 1.86. The van der Waals surface area contributed by atoms with Gasteiger partial charge in [-0.3, -0.25) is 9.78 Å². The van der Waals surface area contributed by atoms with E-state index in [-0.39, 0.29) is 23.8 Å². The molecule has 1 aliphatic heterocycles. The molecular formula is C24H19ClN4O2. The second kappa shape index (κ2) is 7.68. The van der Waals surface area contributed by atoms with Crippen molar-refractivity contribution in [1.82, 2.24) is 10.3 Å². The molecule has 2 heterocycles. The van der Waals surface area contributed by atoms with Crippen molar-refractivity contribution in [2.45, 2.75) is 31.2 Å². The molecule has 7 heteroatoms. The molecule has 1 aromatic heterocycles. The molecule has 6 nitrogen and oxygen atoms in total. The van der Waals surface area contributed by atoms with Gasteiger partial charge >= 0.3 is 6.03 Å². The summed E-state index contributed by atoms with van der Waals surface area (Å²) in [4.78, 5) is 31.9. The summed E-state index contributed by atoms with van der Waals surface area (Å²) in [7, 11) is 0. The molecule has 2 aliphatic rings. The Balaban J connectivity index is 1.45. The third kappa shape index (κ3) is 3.22. The van der Waals surface area contributed by atoms with Crippen molar-refractivity contribution < 1.29 is 9.59 Å². The zero-order valence-electron chi connectivity index (χ0n) is 16.6. The molecule has 1 aliphatic carbocycles. The van der Waals surface area contributed by atoms with Gasteiger partial charge in [0.05, 0.1) is 29.4 Å². The van der Waals surface area contributed by atoms with Crippen molar-refractivity contribution >= 4 is 40.0 Å². The molecule has 0 radical (unpaired) electrons. The highest BCUT2D eigenvalue weighted by molar-refractivity contribution is 6.31. The summed E-state index contributed by atoms with van der Waals surface area (Å²) in [5, 5.41) is 14.8. The predicted octanol–water partition coefficient (Wildman–Crippen LogP) is 4.77. The zero-order chi connectivity index (χ0) is 21.5. The van der Waals surface area contributed by atoms with Gasteiger partial charge < -0.3 is 5.32 Å². The number of carbonyl (C=O) groups is 2. The Morgan fingerprint density at radius 3 is 2.77 bits per heavy atom. The Hall–Kier alpha value is -3.43. The molecule has 0 spiro atoms. The van der Waals surface area contributed by atoms with Crippen LogP contribution in [0.5, 0.6) is 0 Å². The maximum atomic E-state index is 13.4. The monoisotopic (exact) mass is 430 g/mol. The van der Waals surface area contributed by atoms with Crippen molar-refractivity contribution in [3.05, 3.63) is 71.0 Å². The van der Waals surface area contributed by atoms with Gasteiger partial charge in [-0.05, 0) is 42.9 Å². The lowest BCUT2D eigenvalue weighted by molar-refractivity contribution is -0.124. The quantitative estimate of drug-likeness (QED) is 0.634. The van der Waals surface area contributed by atoms with Crippen molar-refractivity contribution in [2.75, 3.05) is 4.90 Å². The number of hydrogen-bond donors (Lipinski definition) is 1. The van der Waals surface area contributed by atoms with Crippen molar-refractivity contribution in [1.29, 1.82) is 5.26 Å². The summed E-state index contributed by atoms with van der Waals surface area (Å²) in [6.45, 7) is 0.